The second-order valence-electron chi connectivity index (χ2n) is 3.17. The number of hydrogen-bond donors (Lipinski definition) is 2. The zero-order chi connectivity index (χ0) is 13.5. The van der Waals surface area contributed by atoms with E-state index >= 15 is 0 Å². The summed E-state index contributed by atoms with van der Waals surface area (Å²) in [6.45, 7) is 3.71. The van der Waals surface area contributed by atoms with Gasteiger partial charge in [0.05, 0.1) is 12.4 Å². The molecule has 100 valence electrons. The summed E-state index contributed by atoms with van der Waals surface area (Å²) in [5.74, 6) is -1.35. The number of aliphatic carboxylic acids is 1. The molecule has 0 aliphatic rings. The summed E-state index contributed by atoms with van der Waals surface area (Å²) in [5.41, 5.74) is 0. The summed E-state index contributed by atoms with van der Waals surface area (Å²) in [6, 6.07) is -0.518. The smallest absolute Gasteiger partial charge is 0.328 e. The molecule has 0 aliphatic heterocycles. The predicted molar refractivity (Wildman–Crippen MR) is 68.0 cm³/mol. The van der Waals surface area contributed by atoms with Crippen molar-refractivity contribution in [1.29, 1.82) is 0 Å². The topological polar surface area (TPSA) is 101 Å². The van der Waals surface area contributed by atoms with Crippen LogP contribution in [0.15, 0.2) is 4.34 Å². The van der Waals surface area contributed by atoms with Crippen LogP contribution in [0.4, 0.5) is 5.13 Å². The summed E-state index contributed by atoms with van der Waals surface area (Å²) in [4.78, 5) is 21.7. The van der Waals surface area contributed by atoms with E-state index < -0.39 is 12.0 Å². The van der Waals surface area contributed by atoms with Gasteiger partial charge in [0.1, 0.15) is 6.04 Å². The molecule has 0 bridgehead atoms. The molecule has 0 spiro atoms. The first-order valence-corrected chi connectivity index (χ1v) is 6.94. The number of ether oxygens (including phenoxy) is 1. The third-order valence-electron chi connectivity index (χ3n) is 1.71. The van der Waals surface area contributed by atoms with Crippen molar-refractivity contribution in [3.05, 3.63) is 0 Å². The minimum atomic E-state index is -0.912. The molecule has 0 fully saturated rings. The zero-order valence-electron chi connectivity index (χ0n) is 9.87. The maximum absolute atomic E-state index is 11.4. The van der Waals surface area contributed by atoms with Gasteiger partial charge in [0.2, 0.25) is 5.13 Å². The summed E-state index contributed by atoms with van der Waals surface area (Å²) in [7, 11) is 0. The number of carbonyl (C=O) groups is 2. The first-order valence-electron chi connectivity index (χ1n) is 5.14. The van der Waals surface area contributed by atoms with Crippen molar-refractivity contribution in [2.24, 2.45) is 0 Å². The Balaban J connectivity index is 2.48. The van der Waals surface area contributed by atoms with Crippen LogP contribution in [0.5, 0.6) is 0 Å². The molecule has 1 atom stereocenters. The van der Waals surface area contributed by atoms with E-state index in [1.807, 2.05) is 0 Å². The van der Waals surface area contributed by atoms with Crippen LogP contribution in [0, 0.1) is 0 Å². The number of carbonyl (C=O) groups excluding carboxylic acids is 1. The van der Waals surface area contributed by atoms with Gasteiger partial charge >= 0.3 is 11.9 Å². The minimum Gasteiger partial charge on any atom is -0.481 e. The van der Waals surface area contributed by atoms with E-state index in [1.165, 1.54) is 11.3 Å². The number of thioether (sulfide) groups is 1. The molecule has 0 aromatic carbocycles. The highest BCUT2D eigenvalue weighted by Gasteiger charge is 2.16. The highest BCUT2D eigenvalue weighted by Crippen LogP contribution is 2.25. The highest BCUT2D eigenvalue weighted by atomic mass is 32.2. The maximum atomic E-state index is 11.4. The number of anilines is 1. The van der Waals surface area contributed by atoms with E-state index in [0.717, 1.165) is 11.8 Å². The number of aromatic nitrogens is 2. The predicted octanol–water partition coefficient (Wildman–Crippen LogP) is 1.08. The van der Waals surface area contributed by atoms with Gasteiger partial charge in [-0.25, -0.2) is 4.79 Å². The fraction of sp³-hybridized carbons (Fsp3) is 0.556. The van der Waals surface area contributed by atoms with Crippen molar-refractivity contribution in [3.63, 3.8) is 0 Å². The monoisotopic (exact) mass is 291 g/mol. The molecule has 1 heterocycles. The van der Waals surface area contributed by atoms with Crippen molar-refractivity contribution in [2.75, 3.05) is 17.7 Å². The van der Waals surface area contributed by atoms with E-state index in [1.54, 1.807) is 13.8 Å². The molecule has 7 nitrogen and oxygen atoms in total. The fourth-order valence-corrected chi connectivity index (χ4v) is 2.52. The number of nitrogens with one attached hydrogen (secondary N) is 1. The Kier molecular flexibility index (Phi) is 5.86. The Morgan fingerprint density at radius 2 is 2.28 bits per heavy atom. The molecule has 2 N–H and O–H groups in total. The average Bonchev–Trinajstić information content (AvgIpc) is 2.74. The number of carboxylic acids is 1. The Labute approximate surface area is 112 Å². The van der Waals surface area contributed by atoms with Crippen LogP contribution in [0.1, 0.15) is 13.8 Å². The first kappa shape index (κ1) is 14.7. The maximum Gasteiger partial charge on any atom is 0.328 e. The third kappa shape index (κ3) is 4.88. The van der Waals surface area contributed by atoms with Crippen LogP contribution in [-0.2, 0) is 14.3 Å². The molecule has 0 saturated carbocycles. The van der Waals surface area contributed by atoms with Crippen molar-refractivity contribution in [1.82, 2.24) is 10.2 Å². The van der Waals surface area contributed by atoms with Gasteiger partial charge in [-0.2, -0.15) is 0 Å². The van der Waals surface area contributed by atoms with Crippen LogP contribution in [-0.4, -0.2) is 45.6 Å². The van der Waals surface area contributed by atoms with E-state index in [4.69, 9.17) is 9.84 Å². The lowest BCUT2D eigenvalue weighted by Crippen LogP contribution is -2.28. The largest absolute Gasteiger partial charge is 0.481 e. The van der Waals surface area contributed by atoms with Gasteiger partial charge in [0, 0.05) is 0 Å². The summed E-state index contributed by atoms with van der Waals surface area (Å²) >= 11 is 2.28. The van der Waals surface area contributed by atoms with Crippen LogP contribution < -0.4 is 5.32 Å². The standard InChI is InChI=1S/C9H13N3O4S2/c1-3-16-7(15)5(2)10-8-11-12-9(18-8)17-4-6(13)14/h5H,3-4H2,1-2H3,(H,10,11)(H,13,14). The van der Waals surface area contributed by atoms with Gasteiger partial charge in [0.15, 0.2) is 4.34 Å². The van der Waals surface area contributed by atoms with Gasteiger partial charge < -0.3 is 15.2 Å². The van der Waals surface area contributed by atoms with Crippen LogP contribution in [0.2, 0.25) is 0 Å². The van der Waals surface area contributed by atoms with Crippen molar-refractivity contribution >= 4 is 40.2 Å². The second kappa shape index (κ2) is 7.17. The Bertz CT molecular complexity index is 424. The molecule has 18 heavy (non-hydrogen) atoms. The van der Waals surface area contributed by atoms with Crippen LogP contribution in [0.25, 0.3) is 0 Å². The average molecular weight is 291 g/mol. The number of rotatable bonds is 7. The van der Waals surface area contributed by atoms with Crippen molar-refractivity contribution in [3.8, 4) is 0 Å². The lowest BCUT2D eigenvalue weighted by molar-refractivity contribution is -0.143. The molecule has 1 aromatic heterocycles. The first-order chi connectivity index (χ1) is 8.52. The molecule has 0 aliphatic carbocycles. The van der Waals surface area contributed by atoms with Gasteiger partial charge in [-0.1, -0.05) is 23.1 Å². The van der Waals surface area contributed by atoms with Gasteiger partial charge in [0.25, 0.3) is 0 Å². The van der Waals surface area contributed by atoms with Gasteiger partial charge in [-0.3, -0.25) is 4.79 Å². The van der Waals surface area contributed by atoms with Crippen LogP contribution >= 0.6 is 23.1 Å². The molecule has 0 amide bonds. The molecule has 1 rings (SSSR count). The molecule has 9 heteroatoms. The molecular weight excluding hydrogens is 278 g/mol. The summed E-state index contributed by atoms with van der Waals surface area (Å²) < 4.78 is 5.37. The highest BCUT2D eigenvalue weighted by molar-refractivity contribution is 8.01. The quantitative estimate of drug-likeness (QED) is 0.568. The Morgan fingerprint density at radius 1 is 1.56 bits per heavy atom. The molecule has 0 radical (unpaired) electrons. The molecule has 1 aromatic rings. The third-order valence-corrected chi connectivity index (χ3v) is 3.68. The number of esters is 1. The number of hydrogen-bond acceptors (Lipinski definition) is 8. The Morgan fingerprint density at radius 3 is 2.89 bits per heavy atom. The minimum absolute atomic E-state index is 0.0674. The van der Waals surface area contributed by atoms with E-state index in [2.05, 4.69) is 15.5 Å². The normalized spacial score (nSPS) is 11.9. The number of carboxylic acid groups (broad SMARTS) is 1. The van der Waals surface area contributed by atoms with Crippen molar-refractivity contribution < 1.29 is 19.4 Å². The second-order valence-corrected chi connectivity index (χ2v) is 5.37. The number of nitrogens with zero attached hydrogens (tertiary/aromatic N) is 2. The van der Waals surface area contributed by atoms with Gasteiger partial charge in [-0.15, -0.1) is 10.2 Å². The van der Waals surface area contributed by atoms with E-state index in [-0.39, 0.29) is 11.7 Å². The Hall–Kier alpha value is -1.35. The van der Waals surface area contributed by atoms with E-state index in [0.29, 0.717) is 16.1 Å². The molecule has 0 saturated heterocycles. The summed E-state index contributed by atoms with van der Waals surface area (Å²) in [6.07, 6.45) is 0. The van der Waals surface area contributed by atoms with E-state index in [9.17, 15) is 9.59 Å². The molecule has 1 unspecified atom stereocenters. The fourth-order valence-electron chi connectivity index (χ4n) is 0.961. The lowest BCUT2D eigenvalue weighted by atomic mass is 10.3. The van der Waals surface area contributed by atoms with Gasteiger partial charge in [-0.05, 0) is 13.8 Å². The van der Waals surface area contributed by atoms with Crippen molar-refractivity contribution in [2.45, 2.75) is 24.2 Å². The van der Waals surface area contributed by atoms with Crippen LogP contribution in [0.3, 0.4) is 0 Å². The summed E-state index contributed by atoms with van der Waals surface area (Å²) in [5, 5.41) is 19.4. The molecular formula is C9H13N3O4S2. The SMILES string of the molecule is CCOC(=O)C(C)Nc1nnc(SCC(=O)O)s1. The lowest BCUT2D eigenvalue weighted by Gasteiger charge is -2.10. The zero-order valence-corrected chi connectivity index (χ0v) is 11.5.